The summed E-state index contributed by atoms with van der Waals surface area (Å²) >= 11 is 5.71. The highest BCUT2D eigenvalue weighted by atomic mass is 32.5. The van der Waals surface area contributed by atoms with Crippen molar-refractivity contribution in [1.29, 1.82) is 0 Å². The highest BCUT2D eigenvalue weighted by Crippen LogP contribution is 2.46. The molecule has 14 heteroatoms. The molecule has 3 unspecified atom stereocenters. The Morgan fingerprint density at radius 2 is 1.97 bits per heavy atom. The Labute approximate surface area is 220 Å². The van der Waals surface area contributed by atoms with Gasteiger partial charge in [-0.3, -0.25) is 9.59 Å². The van der Waals surface area contributed by atoms with Gasteiger partial charge in [-0.15, -0.1) is 0 Å². The zero-order valence-electron chi connectivity index (χ0n) is 21.0. The van der Waals surface area contributed by atoms with Crippen LogP contribution in [0.2, 0.25) is 0 Å². The van der Waals surface area contributed by atoms with E-state index in [1.165, 1.54) is 18.0 Å². The van der Waals surface area contributed by atoms with Gasteiger partial charge < -0.3 is 44.1 Å². The number of aliphatic hydroxyl groups excluding tert-OH is 2. The fourth-order valence-electron chi connectivity index (χ4n) is 3.85. The minimum absolute atomic E-state index is 0.0162. The van der Waals surface area contributed by atoms with Gasteiger partial charge >= 0.3 is 12.6 Å². The molecule has 3 rings (SSSR count). The fraction of sp³-hybridized carbons (Fsp3) is 0.565. The average molecular weight is 560 g/mol. The summed E-state index contributed by atoms with van der Waals surface area (Å²) in [7, 11) is 0. The summed E-state index contributed by atoms with van der Waals surface area (Å²) in [6.07, 6.45) is -3.01. The molecule has 206 valence electrons. The predicted octanol–water partition coefficient (Wildman–Crippen LogP) is 0.685. The van der Waals surface area contributed by atoms with Crippen LogP contribution in [0, 0.1) is 0 Å². The molecule has 1 amide bonds. The molecule has 5 N–H and O–H groups in total. The van der Waals surface area contributed by atoms with Crippen molar-refractivity contribution in [3.8, 4) is 5.75 Å². The molecular formula is C23H34N3O9PS. The van der Waals surface area contributed by atoms with Crippen molar-refractivity contribution in [2.45, 2.75) is 76.7 Å². The van der Waals surface area contributed by atoms with E-state index in [1.807, 2.05) is 6.07 Å². The topological polar surface area (TPSA) is 159 Å². The Bertz CT molecular complexity index is 1030. The number of para-hydroxylation sites is 1. The second kappa shape index (κ2) is 12.2. The molecule has 0 bridgehead atoms. The molecular weight excluding hydrogens is 525 g/mol. The van der Waals surface area contributed by atoms with Gasteiger partial charge in [0.15, 0.2) is 6.23 Å². The maximum absolute atomic E-state index is 12.1. The lowest BCUT2D eigenvalue weighted by Crippen LogP contribution is -2.59. The van der Waals surface area contributed by atoms with Crippen LogP contribution in [0.15, 0.2) is 42.6 Å². The summed E-state index contributed by atoms with van der Waals surface area (Å²) < 4.78 is 23.0. The molecule has 1 saturated heterocycles. The van der Waals surface area contributed by atoms with Crippen molar-refractivity contribution in [1.82, 2.24) is 15.3 Å². The first kappa shape index (κ1) is 29.5. The van der Waals surface area contributed by atoms with Gasteiger partial charge in [-0.05, 0) is 51.6 Å². The van der Waals surface area contributed by atoms with Crippen LogP contribution in [0.4, 0.5) is 0 Å². The van der Waals surface area contributed by atoms with E-state index in [0.717, 1.165) is 6.08 Å². The summed E-state index contributed by atoms with van der Waals surface area (Å²) in [5, 5.41) is 37.3. The van der Waals surface area contributed by atoms with Crippen LogP contribution < -0.4 is 14.9 Å². The Morgan fingerprint density at radius 1 is 1.30 bits per heavy atom. The van der Waals surface area contributed by atoms with E-state index < -0.39 is 54.9 Å². The monoisotopic (exact) mass is 559 g/mol. The standard InChI is InChI=1S/C23H34N3O9PS/c1-14(2)33-19(28)12-15(3)25-36(37,35-16-8-6-5-7-9-16)32-13-17-20(29)23(4,31)21(34-17)26-11-10-18(27)24-22(26)30/h5-11,14-15,17,20-22,29-31H,12-13H2,1-4H3,(H,24,27)(H,25,37)/t15?,17-,20-,21-,22?,23-,36?/m1/s1. The summed E-state index contributed by atoms with van der Waals surface area (Å²) in [4.78, 5) is 24.8. The first-order valence-corrected chi connectivity index (χ1v) is 14.4. The van der Waals surface area contributed by atoms with E-state index in [2.05, 4.69) is 10.4 Å². The number of aliphatic hydroxyl groups is 3. The second-order valence-electron chi connectivity index (χ2n) is 9.31. The van der Waals surface area contributed by atoms with Gasteiger partial charge in [0.05, 0.1) is 19.1 Å². The fourth-order valence-corrected chi connectivity index (χ4v) is 6.39. The lowest BCUT2D eigenvalue weighted by atomic mass is 9.96. The summed E-state index contributed by atoms with van der Waals surface area (Å²) in [5.74, 6) is -0.492. The Morgan fingerprint density at radius 3 is 2.59 bits per heavy atom. The van der Waals surface area contributed by atoms with Crippen molar-refractivity contribution in [2.24, 2.45) is 0 Å². The number of nitrogens with zero attached hydrogens (tertiary/aromatic N) is 1. The third-order valence-corrected chi connectivity index (χ3v) is 8.13. The summed E-state index contributed by atoms with van der Waals surface area (Å²) in [6, 6.07) is 8.27. The van der Waals surface area contributed by atoms with Gasteiger partial charge in [0.2, 0.25) is 12.3 Å². The molecule has 7 atom stereocenters. The lowest BCUT2D eigenvalue weighted by molar-refractivity contribution is -0.173. The molecule has 0 saturated carbocycles. The smallest absolute Gasteiger partial charge is 0.313 e. The minimum atomic E-state index is -3.31. The van der Waals surface area contributed by atoms with Gasteiger partial charge in [0, 0.05) is 18.3 Å². The second-order valence-corrected chi connectivity index (χ2v) is 12.4. The zero-order valence-corrected chi connectivity index (χ0v) is 22.7. The molecule has 12 nitrogen and oxygen atoms in total. The normalized spacial score (nSPS) is 30.1. The Balaban J connectivity index is 1.73. The SMILES string of the molecule is CC(CC(=O)OC(C)C)NP(=S)(OC[C@H]1O[C@@H](N2C=CC(=O)NC2O)[C@](C)(O)[C@@H]1O)Oc1ccccc1. The average Bonchev–Trinajstić information content (AvgIpc) is 3.01. The molecule has 0 aliphatic carbocycles. The van der Waals surface area contributed by atoms with Crippen LogP contribution in [0.3, 0.4) is 0 Å². The molecule has 0 radical (unpaired) electrons. The van der Waals surface area contributed by atoms with Crippen LogP contribution >= 0.6 is 6.64 Å². The van der Waals surface area contributed by atoms with E-state index >= 15 is 0 Å². The number of esters is 1. The van der Waals surface area contributed by atoms with E-state index in [4.69, 9.17) is 30.3 Å². The third kappa shape index (κ3) is 7.71. The van der Waals surface area contributed by atoms with E-state index in [1.54, 1.807) is 45.0 Å². The number of nitrogens with one attached hydrogen (secondary N) is 2. The zero-order chi connectivity index (χ0) is 27.4. The van der Waals surface area contributed by atoms with E-state index in [-0.39, 0.29) is 19.1 Å². The number of carbonyl (C=O) groups is 2. The Kier molecular flexibility index (Phi) is 9.70. The molecule has 2 heterocycles. The van der Waals surface area contributed by atoms with Crippen molar-refractivity contribution in [3.05, 3.63) is 42.6 Å². The maximum Gasteiger partial charge on any atom is 0.313 e. The van der Waals surface area contributed by atoms with Crippen LogP contribution in [-0.2, 0) is 35.4 Å². The minimum Gasteiger partial charge on any atom is -0.463 e. The quantitative estimate of drug-likeness (QED) is 0.191. The van der Waals surface area contributed by atoms with Crippen LogP contribution in [0.1, 0.15) is 34.1 Å². The van der Waals surface area contributed by atoms with Gasteiger partial charge in [0.1, 0.15) is 23.6 Å². The Hall–Kier alpha value is -2.09. The van der Waals surface area contributed by atoms with Gasteiger partial charge in [0.25, 0.3) is 0 Å². The highest BCUT2D eigenvalue weighted by molar-refractivity contribution is 8.09. The maximum atomic E-state index is 12.1. The number of rotatable bonds is 11. The third-order valence-electron chi connectivity index (χ3n) is 5.57. The molecule has 0 aromatic heterocycles. The molecule has 2 aliphatic rings. The first-order chi connectivity index (χ1) is 17.3. The number of carbonyl (C=O) groups excluding carboxylic acids is 2. The lowest BCUT2D eigenvalue weighted by Gasteiger charge is -2.39. The summed E-state index contributed by atoms with van der Waals surface area (Å²) in [5.41, 5.74) is -1.84. The van der Waals surface area contributed by atoms with Crippen molar-refractivity contribution >= 4 is 30.3 Å². The van der Waals surface area contributed by atoms with Crippen molar-refractivity contribution in [2.75, 3.05) is 6.61 Å². The van der Waals surface area contributed by atoms with Gasteiger partial charge in [-0.25, -0.2) is 5.09 Å². The number of amides is 1. The number of benzene rings is 1. The van der Waals surface area contributed by atoms with Gasteiger partial charge in [-0.1, -0.05) is 18.2 Å². The highest BCUT2D eigenvalue weighted by Gasteiger charge is 2.55. The van der Waals surface area contributed by atoms with E-state index in [9.17, 15) is 24.9 Å². The number of hydrogen-bond acceptors (Lipinski definition) is 11. The first-order valence-electron chi connectivity index (χ1n) is 11.8. The molecule has 1 fully saturated rings. The molecule has 0 spiro atoms. The number of hydrogen-bond donors (Lipinski definition) is 5. The van der Waals surface area contributed by atoms with Crippen LogP contribution in [0.25, 0.3) is 0 Å². The molecule has 2 aliphatic heterocycles. The molecule has 37 heavy (non-hydrogen) atoms. The van der Waals surface area contributed by atoms with Crippen molar-refractivity contribution < 1.29 is 43.4 Å². The van der Waals surface area contributed by atoms with Crippen LogP contribution in [0.5, 0.6) is 5.75 Å². The van der Waals surface area contributed by atoms with E-state index in [0.29, 0.717) is 5.75 Å². The summed E-state index contributed by atoms with van der Waals surface area (Å²) in [6.45, 7) is 2.99. The van der Waals surface area contributed by atoms with Crippen molar-refractivity contribution in [3.63, 3.8) is 0 Å². The number of ether oxygens (including phenoxy) is 2. The molecule has 1 aromatic carbocycles. The molecule has 1 aromatic rings. The largest absolute Gasteiger partial charge is 0.463 e. The van der Waals surface area contributed by atoms with Gasteiger partial charge in [-0.2, -0.15) is 0 Å². The van der Waals surface area contributed by atoms with Crippen LogP contribution in [-0.4, -0.2) is 81.2 Å². The predicted molar refractivity (Wildman–Crippen MR) is 136 cm³/mol.